The highest BCUT2D eigenvalue weighted by Crippen LogP contribution is 2.33. The topological polar surface area (TPSA) is 66.8 Å². The lowest BCUT2D eigenvalue weighted by Crippen LogP contribution is -2.41. The van der Waals surface area contributed by atoms with Crippen LogP contribution < -0.4 is 0 Å². The number of benzene rings is 3. The summed E-state index contributed by atoms with van der Waals surface area (Å²) in [4.78, 5) is 25.4. The van der Waals surface area contributed by atoms with Gasteiger partial charge in [0, 0.05) is 0 Å². The predicted octanol–water partition coefficient (Wildman–Crippen LogP) is 4.87. The molecule has 1 heterocycles. The Labute approximate surface area is 183 Å². The van der Waals surface area contributed by atoms with Crippen molar-refractivity contribution in [2.75, 3.05) is 6.61 Å². The summed E-state index contributed by atoms with van der Waals surface area (Å²) in [6.45, 7) is 0.0934. The van der Waals surface area contributed by atoms with E-state index in [1.807, 2.05) is 72.8 Å². The zero-order chi connectivity index (χ0) is 21.1. The van der Waals surface area contributed by atoms with E-state index in [0.29, 0.717) is 5.56 Å². The van der Waals surface area contributed by atoms with Crippen molar-refractivity contribution in [1.82, 2.24) is 4.90 Å². The number of nitrogens with zero attached hydrogens (tertiary/aromatic N) is 1. The van der Waals surface area contributed by atoms with Crippen LogP contribution in [-0.4, -0.2) is 33.4 Å². The number of carbonyl (C=O) groups is 2. The van der Waals surface area contributed by atoms with Crippen LogP contribution in [-0.2, 0) is 9.53 Å². The molecule has 1 aliphatic heterocycles. The molecule has 5 nitrogen and oxygen atoms in total. The molecule has 0 radical (unpaired) electrons. The van der Waals surface area contributed by atoms with Gasteiger partial charge in [0.05, 0.1) is 0 Å². The number of halogens is 1. The quantitative estimate of drug-likeness (QED) is 0.545. The Balaban J connectivity index is 1.52. The highest BCUT2D eigenvalue weighted by atomic mass is 79.9. The number of alkyl halides is 1. The molecule has 152 valence electrons. The van der Waals surface area contributed by atoms with E-state index < -0.39 is 29.0 Å². The minimum absolute atomic E-state index is 0.0934. The summed E-state index contributed by atoms with van der Waals surface area (Å²) in [5.41, 5.74) is 3.46. The third-order valence-electron chi connectivity index (χ3n) is 5.17. The van der Waals surface area contributed by atoms with Gasteiger partial charge in [-0.2, -0.15) is 0 Å². The van der Waals surface area contributed by atoms with Gasteiger partial charge in [-0.05, 0) is 22.3 Å². The van der Waals surface area contributed by atoms with Crippen LogP contribution in [0.15, 0.2) is 84.9 Å². The molecule has 3 aromatic rings. The van der Waals surface area contributed by atoms with E-state index in [1.165, 1.54) is 0 Å². The Morgan fingerprint density at radius 1 is 0.933 bits per heavy atom. The number of aliphatic hydroxyl groups is 1. The van der Waals surface area contributed by atoms with Crippen molar-refractivity contribution < 1.29 is 19.4 Å². The van der Waals surface area contributed by atoms with E-state index in [9.17, 15) is 14.7 Å². The molecule has 3 aromatic carbocycles. The number of ether oxygens (including phenoxy) is 1. The first kappa shape index (κ1) is 20.3. The van der Waals surface area contributed by atoms with Gasteiger partial charge >= 0.3 is 6.09 Å². The second-order valence-corrected chi connectivity index (χ2v) is 8.03. The molecule has 1 aliphatic rings. The number of cyclic esters (lactones) is 1. The zero-order valence-corrected chi connectivity index (χ0v) is 17.6. The molecule has 0 aromatic heterocycles. The van der Waals surface area contributed by atoms with Gasteiger partial charge in [-0.25, -0.2) is 9.69 Å². The minimum Gasteiger partial charge on any atom is -0.446 e. The summed E-state index contributed by atoms with van der Waals surface area (Å²) in [6, 6.07) is 26.0. The largest absolute Gasteiger partial charge is 0.446 e. The van der Waals surface area contributed by atoms with Crippen LogP contribution in [0.1, 0.15) is 23.3 Å². The Morgan fingerprint density at radius 3 is 2.13 bits per heavy atom. The maximum atomic E-state index is 13.1. The van der Waals surface area contributed by atoms with Gasteiger partial charge in [-0.15, -0.1) is 0 Å². The maximum absolute atomic E-state index is 13.1. The summed E-state index contributed by atoms with van der Waals surface area (Å²) >= 11 is 3.30. The first-order valence-electron chi connectivity index (χ1n) is 9.58. The first-order valence-corrected chi connectivity index (χ1v) is 10.5. The molecule has 1 saturated heterocycles. The summed E-state index contributed by atoms with van der Waals surface area (Å²) in [5, 5.41) is 10.8. The third-order valence-corrected chi connectivity index (χ3v) is 6.06. The van der Waals surface area contributed by atoms with Crippen molar-refractivity contribution in [3.8, 4) is 11.1 Å². The Kier molecular flexibility index (Phi) is 5.97. The van der Waals surface area contributed by atoms with Gasteiger partial charge < -0.3 is 9.84 Å². The molecule has 0 bridgehead atoms. The lowest BCUT2D eigenvalue weighted by molar-refractivity contribution is -0.130. The van der Waals surface area contributed by atoms with E-state index in [-0.39, 0.29) is 6.61 Å². The third kappa shape index (κ3) is 4.01. The van der Waals surface area contributed by atoms with Crippen molar-refractivity contribution in [2.45, 2.75) is 17.0 Å². The maximum Gasteiger partial charge on any atom is 0.417 e. The lowest BCUT2D eigenvalue weighted by Gasteiger charge is -2.25. The number of rotatable bonds is 5. The normalized spacial score (nSPS) is 18.0. The molecule has 1 N–H and O–H groups in total. The zero-order valence-electron chi connectivity index (χ0n) is 16.0. The van der Waals surface area contributed by atoms with Gasteiger partial charge in [0.1, 0.15) is 23.6 Å². The van der Waals surface area contributed by atoms with E-state index in [2.05, 4.69) is 15.9 Å². The Morgan fingerprint density at radius 2 is 1.50 bits per heavy atom. The van der Waals surface area contributed by atoms with Crippen LogP contribution in [0.25, 0.3) is 11.1 Å². The van der Waals surface area contributed by atoms with E-state index >= 15 is 0 Å². The van der Waals surface area contributed by atoms with E-state index in [4.69, 9.17) is 4.74 Å². The molecule has 0 unspecified atom stereocenters. The van der Waals surface area contributed by atoms with Crippen LogP contribution in [0, 0.1) is 0 Å². The van der Waals surface area contributed by atoms with Crippen LogP contribution in [0.3, 0.4) is 0 Å². The fourth-order valence-electron chi connectivity index (χ4n) is 3.53. The van der Waals surface area contributed by atoms with Crippen LogP contribution in [0.4, 0.5) is 4.79 Å². The Hall–Kier alpha value is -2.96. The van der Waals surface area contributed by atoms with E-state index in [0.717, 1.165) is 21.6 Å². The number of imide groups is 1. The number of hydrogen-bond donors (Lipinski definition) is 1. The van der Waals surface area contributed by atoms with E-state index in [1.54, 1.807) is 12.1 Å². The van der Waals surface area contributed by atoms with Crippen LogP contribution >= 0.6 is 15.9 Å². The molecule has 0 spiro atoms. The van der Waals surface area contributed by atoms with Gasteiger partial charge in [0.2, 0.25) is 5.91 Å². The molecular weight excluding hydrogens is 446 g/mol. The molecule has 6 heteroatoms. The minimum atomic E-state index is -1.12. The first-order chi connectivity index (χ1) is 14.6. The molecule has 0 aliphatic carbocycles. The number of carbonyl (C=O) groups excluding carboxylic acids is 2. The second-order valence-electron chi connectivity index (χ2n) is 7.05. The van der Waals surface area contributed by atoms with Crippen LogP contribution in [0.2, 0.25) is 0 Å². The van der Waals surface area contributed by atoms with Crippen molar-refractivity contribution in [2.24, 2.45) is 0 Å². The van der Waals surface area contributed by atoms with Crippen molar-refractivity contribution in [3.63, 3.8) is 0 Å². The molecule has 30 heavy (non-hydrogen) atoms. The Bertz CT molecular complexity index is 1020. The van der Waals surface area contributed by atoms with Crippen molar-refractivity contribution in [3.05, 3.63) is 96.1 Å². The monoisotopic (exact) mass is 465 g/mol. The van der Waals surface area contributed by atoms with Gasteiger partial charge in [-0.3, -0.25) is 4.79 Å². The molecule has 1 fully saturated rings. The SMILES string of the molecule is O=C1OC[C@@H](c2ccccc2)N1C(=O)[C@@H](Br)[C@H](O)c1ccc(-c2ccccc2)cc1. The highest BCUT2D eigenvalue weighted by molar-refractivity contribution is 9.10. The van der Waals surface area contributed by atoms with Crippen molar-refractivity contribution in [1.29, 1.82) is 0 Å². The summed E-state index contributed by atoms with van der Waals surface area (Å²) in [7, 11) is 0. The molecular formula is C24H20BrNO4. The number of aliphatic hydroxyl groups excluding tert-OH is 1. The fraction of sp³-hybridized carbons (Fsp3) is 0.167. The number of hydrogen-bond acceptors (Lipinski definition) is 4. The van der Waals surface area contributed by atoms with Crippen molar-refractivity contribution >= 4 is 27.9 Å². The average molecular weight is 466 g/mol. The standard InChI is InChI=1S/C24H20BrNO4/c25-21(22(27)19-13-11-17(12-14-19)16-7-3-1-4-8-16)23(28)26-20(15-30-24(26)29)18-9-5-2-6-10-18/h1-14,20-22,27H,15H2/t20-,21-,22+/m0/s1. The lowest BCUT2D eigenvalue weighted by atomic mass is 10.00. The predicted molar refractivity (Wildman–Crippen MR) is 117 cm³/mol. The number of amides is 2. The fourth-order valence-corrected chi connectivity index (χ4v) is 4.05. The molecule has 2 amide bonds. The highest BCUT2D eigenvalue weighted by Gasteiger charge is 2.42. The molecule has 4 rings (SSSR count). The van der Waals surface area contributed by atoms with Crippen LogP contribution in [0.5, 0.6) is 0 Å². The average Bonchev–Trinajstić information content (AvgIpc) is 3.20. The smallest absolute Gasteiger partial charge is 0.417 e. The molecule has 3 atom stereocenters. The summed E-state index contributed by atoms with van der Waals surface area (Å²) in [6.07, 6.45) is -1.82. The molecule has 0 saturated carbocycles. The second kappa shape index (κ2) is 8.81. The van der Waals surface area contributed by atoms with Gasteiger partial charge in [-0.1, -0.05) is 101 Å². The summed E-state index contributed by atoms with van der Waals surface area (Å²) in [5.74, 6) is -0.536. The van der Waals surface area contributed by atoms with Gasteiger partial charge in [0.25, 0.3) is 0 Å². The van der Waals surface area contributed by atoms with Gasteiger partial charge in [0.15, 0.2) is 0 Å². The summed E-state index contributed by atoms with van der Waals surface area (Å²) < 4.78 is 5.12.